The number of fused-ring (bicyclic) bond motifs is 1. The highest BCUT2D eigenvalue weighted by molar-refractivity contribution is 7.92. The first-order valence-corrected chi connectivity index (χ1v) is 17.4. The fraction of sp³-hybridized carbons (Fsp3) is 0.423. The lowest BCUT2D eigenvalue weighted by Gasteiger charge is -2.23. The number of carbonyl (C=O) groups is 2. The Labute approximate surface area is 251 Å². The monoisotopic (exact) mass is 654 g/mol. The predicted octanol–water partition coefficient (Wildman–Crippen LogP) is 2.01. The molecule has 1 aromatic carbocycles. The molecule has 0 saturated carbocycles. The van der Waals surface area contributed by atoms with Gasteiger partial charge in [-0.2, -0.15) is 5.06 Å². The molecule has 5 rings (SSSR count). The third kappa shape index (κ3) is 6.98. The largest absolute Gasteiger partial charge is 0.422 e. The minimum Gasteiger partial charge on any atom is -0.422 e. The second-order valence-electron chi connectivity index (χ2n) is 10.2. The van der Waals surface area contributed by atoms with Crippen LogP contribution in [0.1, 0.15) is 45.4 Å². The summed E-state index contributed by atoms with van der Waals surface area (Å²) in [4.78, 5) is 43.0. The molecule has 2 atom stereocenters. The average molecular weight is 655 g/mol. The van der Waals surface area contributed by atoms with E-state index in [2.05, 4.69) is 4.90 Å². The summed E-state index contributed by atoms with van der Waals surface area (Å²) in [6.07, 6.45) is 3.02. The van der Waals surface area contributed by atoms with Gasteiger partial charge in [0, 0.05) is 43.1 Å². The van der Waals surface area contributed by atoms with E-state index in [1.165, 1.54) is 6.07 Å². The molecule has 232 valence electrons. The standard InChI is InChI=1S/C26H30N4O10S3/c1-2-29(11-5-3-4-6-18-26(39-18)40-30-21(31)9-10-22(30)32)16-8-7-15-12-17(25(33)38-19(15)13-16)24-20(42(27,34)35)14-23(41-24)43(28,36)37/h7-8,12-14,18,26H,2-6,9-11H2,1H3,(H2,27,34,35)(H2,28,36,37). The average Bonchev–Trinajstić information content (AvgIpc) is 3.35. The van der Waals surface area contributed by atoms with Crippen LogP contribution in [-0.2, 0) is 39.2 Å². The second-order valence-corrected chi connectivity index (χ2v) is 14.5. The second kappa shape index (κ2) is 12.1. The van der Waals surface area contributed by atoms with Crippen LogP contribution >= 0.6 is 11.3 Å². The lowest BCUT2D eigenvalue weighted by Crippen LogP contribution is -2.31. The number of thiophene rings is 1. The maximum Gasteiger partial charge on any atom is 0.345 e. The Balaban J connectivity index is 1.21. The lowest BCUT2D eigenvalue weighted by atomic mass is 10.1. The third-order valence-electron chi connectivity index (χ3n) is 7.14. The minimum atomic E-state index is -4.38. The number of primary sulfonamides is 2. The van der Waals surface area contributed by atoms with Gasteiger partial charge in [-0.25, -0.2) is 36.7 Å². The summed E-state index contributed by atoms with van der Waals surface area (Å²) in [5.41, 5.74) is 0.0885. The Bertz CT molecular complexity index is 1840. The van der Waals surface area contributed by atoms with E-state index in [0.29, 0.717) is 23.3 Å². The number of benzene rings is 1. The smallest absolute Gasteiger partial charge is 0.345 e. The molecule has 0 aliphatic carbocycles. The van der Waals surface area contributed by atoms with Crippen LogP contribution in [0, 0.1) is 0 Å². The number of imide groups is 1. The van der Waals surface area contributed by atoms with Gasteiger partial charge < -0.3 is 14.1 Å². The van der Waals surface area contributed by atoms with Gasteiger partial charge in [0.1, 0.15) is 20.8 Å². The van der Waals surface area contributed by atoms with E-state index in [1.807, 2.05) is 13.0 Å². The van der Waals surface area contributed by atoms with E-state index in [1.54, 1.807) is 12.1 Å². The van der Waals surface area contributed by atoms with Crippen molar-refractivity contribution in [3.63, 3.8) is 0 Å². The van der Waals surface area contributed by atoms with Crippen molar-refractivity contribution in [2.75, 3.05) is 18.0 Å². The van der Waals surface area contributed by atoms with Crippen LogP contribution in [0.3, 0.4) is 0 Å². The molecule has 3 aromatic rings. The molecule has 43 heavy (non-hydrogen) atoms. The van der Waals surface area contributed by atoms with E-state index in [4.69, 9.17) is 24.3 Å². The molecule has 0 bridgehead atoms. The summed E-state index contributed by atoms with van der Waals surface area (Å²) in [5, 5.41) is 11.7. The van der Waals surface area contributed by atoms with Gasteiger partial charge in [-0.15, -0.1) is 11.3 Å². The molecular formula is C26H30N4O10S3. The number of hydroxylamine groups is 2. The highest BCUT2D eigenvalue weighted by Crippen LogP contribution is 2.37. The minimum absolute atomic E-state index is 0.140. The Morgan fingerprint density at radius 1 is 1.00 bits per heavy atom. The van der Waals surface area contributed by atoms with Crippen LogP contribution in [0.25, 0.3) is 21.4 Å². The number of rotatable bonds is 13. The topological polar surface area (TPSA) is 213 Å². The maximum absolute atomic E-state index is 12.9. The normalized spacial score (nSPS) is 19.0. The van der Waals surface area contributed by atoms with E-state index >= 15 is 0 Å². The number of epoxide rings is 1. The molecule has 2 saturated heterocycles. The van der Waals surface area contributed by atoms with Crippen LogP contribution in [0.2, 0.25) is 0 Å². The number of sulfonamides is 2. The Kier molecular flexibility index (Phi) is 8.77. The maximum atomic E-state index is 12.9. The molecule has 2 aromatic heterocycles. The molecule has 0 spiro atoms. The molecule has 4 N–H and O–H groups in total. The van der Waals surface area contributed by atoms with E-state index < -0.39 is 41.1 Å². The predicted molar refractivity (Wildman–Crippen MR) is 156 cm³/mol. The first kappa shape index (κ1) is 31.2. The quantitative estimate of drug-likeness (QED) is 0.118. The molecule has 14 nitrogen and oxygen atoms in total. The van der Waals surface area contributed by atoms with Crippen molar-refractivity contribution < 1.29 is 40.4 Å². The summed E-state index contributed by atoms with van der Waals surface area (Å²) >= 11 is 0.522. The van der Waals surface area contributed by atoms with Crippen LogP contribution in [0.5, 0.6) is 0 Å². The van der Waals surface area contributed by atoms with Gasteiger partial charge in [-0.1, -0.05) is 12.8 Å². The number of ether oxygens (including phenoxy) is 1. The SMILES string of the molecule is CCN(CCCCCC1OC1ON1C(=O)CCC1=O)c1ccc2cc(-c3sc(S(N)(=O)=O)cc3S(N)(=O)=O)c(=O)oc2c1. The van der Waals surface area contributed by atoms with Gasteiger partial charge in [0.05, 0.1) is 10.4 Å². The summed E-state index contributed by atoms with van der Waals surface area (Å²) in [6.45, 7) is 3.42. The summed E-state index contributed by atoms with van der Waals surface area (Å²) in [7, 11) is -8.62. The van der Waals surface area contributed by atoms with Crippen LogP contribution in [0.4, 0.5) is 5.69 Å². The Morgan fingerprint density at radius 3 is 2.37 bits per heavy atom. The number of hydrogen-bond acceptors (Lipinski definition) is 12. The van der Waals surface area contributed by atoms with Crippen molar-refractivity contribution in [3.8, 4) is 10.4 Å². The van der Waals surface area contributed by atoms with E-state index in [9.17, 15) is 31.2 Å². The third-order valence-corrected chi connectivity index (χ3v) is 10.8. The first-order chi connectivity index (χ1) is 20.3. The van der Waals surface area contributed by atoms with Crippen LogP contribution < -0.4 is 20.8 Å². The van der Waals surface area contributed by atoms with Crippen molar-refractivity contribution >= 4 is 59.9 Å². The molecule has 2 aliphatic rings. The molecule has 17 heteroatoms. The lowest BCUT2D eigenvalue weighted by molar-refractivity contribution is -0.201. The van der Waals surface area contributed by atoms with E-state index in [-0.39, 0.29) is 46.8 Å². The number of amides is 2. The van der Waals surface area contributed by atoms with Crippen LogP contribution in [0.15, 0.2) is 48.6 Å². The number of carbonyl (C=O) groups excluding carboxylic acids is 2. The number of nitrogens with two attached hydrogens (primary N) is 2. The fourth-order valence-corrected chi connectivity index (χ4v) is 7.90. The fourth-order valence-electron chi connectivity index (χ4n) is 4.84. The van der Waals surface area contributed by atoms with Crippen molar-refractivity contribution in [3.05, 3.63) is 40.8 Å². The van der Waals surface area contributed by atoms with E-state index in [0.717, 1.165) is 49.0 Å². The summed E-state index contributed by atoms with van der Waals surface area (Å²) < 4.78 is 58.4. The number of hydrogen-bond donors (Lipinski definition) is 2. The summed E-state index contributed by atoms with van der Waals surface area (Å²) in [5.74, 6) is -0.686. The number of nitrogens with zero attached hydrogens (tertiary/aromatic N) is 2. The van der Waals surface area contributed by atoms with Gasteiger partial charge in [0.15, 0.2) is 0 Å². The molecule has 2 fully saturated rings. The zero-order chi connectivity index (χ0) is 31.1. The van der Waals surface area contributed by atoms with Gasteiger partial charge in [0.2, 0.25) is 26.3 Å². The van der Waals surface area contributed by atoms with Gasteiger partial charge >= 0.3 is 5.63 Å². The van der Waals surface area contributed by atoms with Crippen molar-refractivity contribution in [2.45, 2.75) is 66.9 Å². The zero-order valence-electron chi connectivity index (χ0n) is 23.1. The number of unbranched alkanes of at least 4 members (excludes halogenated alkanes) is 2. The molecule has 4 heterocycles. The van der Waals surface area contributed by atoms with Crippen molar-refractivity contribution in [1.29, 1.82) is 0 Å². The first-order valence-electron chi connectivity index (χ1n) is 13.5. The zero-order valence-corrected chi connectivity index (χ0v) is 25.5. The summed E-state index contributed by atoms with van der Waals surface area (Å²) in [6, 6.07) is 7.56. The molecule has 2 aliphatic heterocycles. The Hall–Kier alpha value is -3.19. The Morgan fingerprint density at radius 2 is 1.72 bits per heavy atom. The van der Waals surface area contributed by atoms with Gasteiger partial charge in [0.25, 0.3) is 11.8 Å². The molecule has 0 radical (unpaired) electrons. The highest BCUT2D eigenvalue weighted by Gasteiger charge is 2.45. The highest BCUT2D eigenvalue weighted by atomic mass is 32.2. The molecule has 2 amide bonds. The van der Waals surface area contributed by atoms with Crippen molar-refractivity contribution in [2.24, 2.45) is 10.3 Å². The molecular weight excluding hydrogens is 625 g/mol. The van der Waals surface area contributed by atoms with Gasteiger partial charge in [-0.3, -0.25) is 9.59 Å². The van der Waals surface area contributed by atoms with Gasteiger partial charge in [-0.05, 0) is 44.0 Å². The molecule has 2 unspecified atom stereocenters. The number of anilines is 1. The van der Waals surface area contributed by atoms with Crippen molar-refractivity contribution in [1.82, 2.24) is 5.06 Å². The van der Waals surface area contributed by atoms with Crippen LogP contribution in [-0.4, -0.2) is 59.2 Å².